The first-order valence-electron chi connectivity index (χ1n) is 8.76. The molecule has 11 heteroatoms. The third-order valence-corrected chi connectivity index (χ3v) is 5.08. The fourth-order valence-electron chi connectivity index (χ4n) is 2.65. The van der Waals surface area contributed by atoms with E-state index in [0.29, 0.717) is 10.7 Å². The smallest absolute Gasteiger partial charge is 0.310 e. The second kappa shape index (κ2) is 8.09. The third kappa shape index (κ3) is 4.00. The van der Waals surface area contributed by atoms with Crippen LogP contribution in [0.3, 0.4) is 0 Å². The highest BCUT2D eigenvalue weighted by atomic mass is 32.1. The predicted octanol–water partition coefficient (Wildman–Crippen LogP) is 3.80. The molecule has 0 unspecified atom stereocenters. The fraction of sp³-hybridized carbons (Fsp3) is 0.0526. The van der Waals surface area contributed by atoms with Gasteiger partial charge >= 0.3 is 5.69 Å². The largest absolute Gasteiger partial charge is 0.355 e. The van der Waals surface area contributed by atoms with Crippen LogP contribution in [-0.2, 0) is 0 Å². The average molecular weight is 421 g/mol. The maximum absolute atomic E-state index is 12.3. The van der Waals surface area contributed by atoms with Crippen LogP contribution in [0.4, 0.5) is 22.5 Å². The van der Waals surface area contributed by atoms with E-state index >= 15 is 0 Å². The molecule has 1 amide bonds. The highest BCUT2D eigenvalue weighted by molar-refractivity contribution is 7.22. The monoisotopic (exact) mass is 421 g/mol. The minimum absolute atomic E-state index is 0.0406. The van der Waals surface area contributed by atoms with E-state index in [1.165, 1.54) is 11.3 Å². The molecule has 0 saturated heterocycles. The zero-order chi connectivity index (χ0) is 21.1. The summed E-state index contributed by atoms with van der Waals surface area (Å²) in [6, 6.07) is 14.4. The second-order valence-corrected chi connectivity index (χ2v) is 7.26. The maximum Gasteiger partial charge on any atom is 0.355 e. The van der Waals surface area contributed by atoms with Gasteiger partial charge in [0.1, 0.15) is 6.33 Å². The van der Waals surface area contributed by atoms with E-state index in [1.54, 1.807) is 24.3 Å². The van der Waals surface area contributed by atoms with Crippen LogP contribution in [0, 0.1) is 17.0 Å². The molecule has 30 heavy (non-hydrogen) atoms. The summed E-state index contributed by atoms with van der Waals surface area (Å²) in [7, 11) is 0. The summed E-state index contributed by atoms with van der Waals surface area (Å²) in [5.41, 5.74) is 6.69. The average Bonchev–Trinajstić information content (AvgIpc) is 3.14. The minimum Gasteiger partial charge on any atom is -0.310 e. The molecular weight excluding hydrogens is 406 g/mol. The van der Waals surface area contributed by atoms with Crippen LogP contribution in [0.1, 0.15) is 15.9 Å². The number of nitrogens with zero attached hydrogens (tertiary/aromatic N) is 4. The highest BCUT2D eigenvalue weighted by Crippen LogP contribution is 2.33. The van der Waals surface area contributed by atoms with Gasteiger partial charge in [0.05, 0.1) is 15.1 Å². The Morgan fingerprint density at radius 1 is 1.07 bits per heavy atom. The lowest BCUT2D eigenvalue weighted by molar-refractivity contribution is -0.383. The number of para-hydroxylation sites is 1. The molecule has 0 bridgehead atoms. The number of anilines is 3. The Balaban J connectivity index is 1.57. The lowest BCUT2D eigenvalue weighted by Crippen LogP contribution is -2.30. The van der Waals surface area contributed by atoms with Crippen LogP contribution in [0.25, 0.3) is 10.2 Å². The Morgan fingerprint density at radius 3 is 2.53 bits per heavy atom. The van der Waals surface area contributed by atoms with Crippen LogP contribution in [-0.4, -0.2) is 25.8 Å². The maximum atomic E-state index is 12.3. The van der Waals surface area contributed by atoms with E-state index in [0.717, 1.165) is 22.1 Å². The summed E-state index contributed by atoms with van der Waals surface area (Å²) in [5, 5.41) is 15.0. The molecule has 0 aliphatic carbocycles. The summed E-state index contributed by atoms with van der Waals surface area (Å²) >= 11 is 1.34. The Morgan fingerprint density at radius 2 is 1.80 bits per heavy atom. The first kappa shape index (κ1) is 19.2. The topological polar surface area (TPSA) is 135 Å². The van der Waals surface area contributed by atoms with Gasteiger partial charge in [-0.15, -0.1) is 0 Å². The number of hydrogen-bond acceptors (Lipinski definition) is 9. The van der Waals surface area contributed by atoms with E-state index < -0.39 is 16.5 Å². The van der Waals surface area contributed by atoms with Gasteiger partial charge in [-0.05, 0) is 31.2 Å². The molecule has 0 aliphatic heterocycles. The summed E-state index contributed by atoms with van der Waals surface area (Å²) in [5.74, 6) is -0.649. The molecule has 0 saturated carbocycles. The van der Waals surface area contributed by atoms with Gasteiger partial charge in [-0.3, -0.25) is 25.8 Å². The van der Waals surface area contributed by atoms with E-state index in [-0.39, 0.29) is 11.6 Å². The molecule has 3 N–H and O–H groups in total. The number of carbonyl (C=O) groups excluding carboxylic acids is 1. The van der Waals surface area contributed by atoms with Gasteiger partial charge in [-0.25, -0.2) is 15.0 Å². The van der Waals surface area contributed by atoms with E-state index in [4.69, 9.17) is 0 Å². The molecule has 0 spiro atoms. The number of hydrazine groups is 1. The zero-order valence-corrected chi connectivity index (χ0v) is 16.4. The Hall–Kier alpha value is -4.12. The molecule has 4 rings (SSSR count). The van der Waals surface area contributed by atoms with Gasteiger partial charge < -0.3 is 5.32 Å². The number of thiazole rings is 1. The molecule has 2 heterocycles. The zero-order valence-electron chi connectivity index (χ0n) is 15.6. The molecule has 0 aliphatic rings. The Bertz CT molecular complexity index is 1210. The Labute approximate surface area is 174 Å². The minimum atomic E-state index is -0.629. The number of nitrogens with one attached hydrogen (secondary N) is 3. The summed E-state index contributed by atoms with van der Waals surface area (Å²) < 4.78 is 0.931. The van der Waals surface area contributed by atoms with Gasteiger partial charge in [0, 0.05) is 5.56 Å². The second-order valence-electron chi connectivity index (χ2n) is 6.23. The molecule has 0 atom stereocenters. The summed E-state index contributed by atoms with van der Waals surface area (Å²) in [6.07, 6.45) is 1.16. The van der Waals surface area contributed by atoms with Crippen molar-refractivity contribution in [1.82, 2.24) is 20.4 Å². The molecular formula is C19H15N7O3S. The fourth-order valence-corrected chi connectivity index (χ4v) is 3.52. The molecule has 4 aromatic rings. The van der Waals surface area contributed by atoms with Crippen molar-refractivity contribution in [3.05, 3.63) is 76.1 Å². The summed E-state index contributed by atoms with van der Waals surface area (Å²) in [6.45, 7) is 1.91. The van der Waals surface area contributed by atoms with Crippen molar-refractivity contribution < 1.29 is 9.72 Å². The highest BCUT2D eigenvalue weighted by Gasteiger charge is 2.24. The third-order valence-electron chi connectivity index (χ3n) is 4.13. The SMILES string of the molecule is Cc1ccc(C(=O)NNc2ncnc(Nc3nc4ccccc4s3)c2[N+](=O)[O-])cc1. The van der Waals surface area contributed by atoms with Crippen LogP contribution < -0.4 is 16.2 Å². The van der Waals surface area contributed by atoms with Gasteiger partial charge in [0.15, 0.2) is 5.13 Å². The number of nitro groups is 1. The molecule has 0 radical (unpaired) electrons. The van der Waals surface area contributed by atoms with E-state index in [1.807, 2.05) is 31.2 Å². The number of amides is 1. The van der Waals surface area contributed by atoms with Crippen molar-refractivity contribution in [2.45, 2.75) is 6.92 Å². The van der Waals surface area contributed by atoms with Crippen molar-refractivity contribution in [3.63, 3.8) is 0 Å². The number of aromatic nitrogens is 3. The number of benzene rings is 2. The van der Waals surface area contributed by atoms with Crippen LogP contribution >= 0.6 is 11.3 Å². The van der Waals surface area contributed by atoms with E-state index in [9.17, 15) is 14.9 Å². The number of fused-ring (bicyclic) bond motifs is 1. The van der Waals surface area contributed by atoms with Crippen LogP contribution in [0.2, 0.25) is 0 Å². The van der Waals surface area contributed by atoms with Crippen molar-refractivity contribution in [2.24, 2.45) is 0 Å². The van der Waals surface area contributed by atoms with Crippen LogP contribution in [0.5, 0.6) is 0 Å². The first-order chi connectivity index (χ1) is 14.5. The molecule has 0 fully saturated rings. The van der Waals surface area contributed by atoms with Crippen molar-refractivity contribution >= 4 is 49.9 Å². The van der Waals surface area contributed by atoms with Gasteiger partial charge in [-0.2, -0.15) is 0 Å². The quantitative estimate of drug-likeness (QED) is 0.316. The van der Waals surface area contributed by atoms with Gasteiger partial charge in [0.2, 0.25) is 11.6 Å². The van der Waals surface area contributed by atoms with Crippen molar-refractivity contribution in [1.29, 1.82) is 0 Å². The number of rotatable bonds is 6. The number of hydrogen-bond donors (Lipinski definition) is 3. The lowest BCUT2D eigenvalue weighted by Gasteiger charge is -2.10. The predicted molar refractivity (Wildman–Crippen MR) is 114 cm³/mol. The molecule has 2 aromatic heterocycles. The normalized spacial score (nSPS) is 10.6. The van der Waals surface area contributed by atoms with Crippen LogP contribution in [0.15, 0.2) is 54.9 Å². The first-order valence-corrected chi connectivity index (χ1v) is 9.58. The number of aryl methyl sites for hydroxylation is 1. The summed E-state index contributed by atoms with van der Waals surface area (Å²) in [4.78, 5) is 35.6. The Kier molecular flexibility index (Phi) is 5.18. The standard InChI is InChI=1S/C19H15N7O3S/c1-11-6-8-12(9-7-11)18(27)25-24-17-15(26(28)29)16(20-10-21-17)23-19-22-13-4-2-3-5-14(13)30-19/h2-10H,1H3,(H,25,27)(H2,20,21,22,23,24). The van der Waals surface area contributed by atoms with Crippen molar-refractivity contribution in [3.8, 4) is 0 Å². The molecule has 2 aromatic carbocycles. The lowest BCUT2D eigenvalue weighted by atomic mass is 10.1. The van der Waals surface area contributed by atoms with E-state index in [2.05, 4.69) is 31.1 Å². The van der Waals surface area contributed by atoms with Gasteiger partial charge in [-0.1, -0.05) is 41.2 Å². The molecule has 10 nitrogen and oxygen atoms in total. The van der Waals surface area contributed by atoms with Crippen molar-refractivity contribution in [2.75, 3.05) is 10.7 Å². The molecule has 150 valence electrons. The number of carbonyl (C=O) groups is 1. The van der Waals surface area contributed by atoms with Gasteiger partial charge in [0.25, 0.3) is 5.91 Å².